The van der Waals surface area contributed by atoms with E-state index in [9.17, 15) is 14.4 Å². The van der Waals surface area contributed by atoms with Crippen LogP contribution in [0.3, 0.4) is 0 Å². The Morgan fingerprint density at radius 1 is 0.947 bits per heavy atom. The fourth-order valence-corrected chi connectivity index (χ4v) is 2.43. The van der Waals surface area contributed by atoms with Crippen molar-refractivity contribution < 1.29 is 33.3 Å². The first-order valence-electron chi connectivity index (χ1n) is 5.58. The van der Waals surface area contributed by atoms with Gasteiger partial charge in [0.25, 0.3) is 0 Å². The van der Waals surface area contributed by atoms with Gasteiger partial charge in [-0.1, -0.05) is 22.6 Å². The maximum absolute atomic E-state index is 11.1. The molecule has 0 N–H and O–H groups in total. The van der Waals surface area contributed by atoms with Gasteiger partial charge in [0.2, 0.25) is 12.4 Å². The zero-order valence-corrected chi connectivity index (χ0v) is 12.9. The van der Waals surface area contributed by atoms with E-state index in [1.54, 1.807) is 0 Å². The Labute approximate surface area is 124 Å². The zero-order chi connectivity index (χ0) is 14.6. The topological polar surface area (TPSA) is 88.1 Å². The van der Waals surface area contributed by atoms with Gasteiger partial charge >= 0.3 is 17.9 Å². The Morgan fingerprint density at radius 3 is 1.84 bits per heavy atom. The van der Waals surface area contributed by atoms with Crippen LogP contribution in [-0.2, 0) is 33.3 Å². The summed E-state index contributed by atoms with van der Waals surface area (Å²) in [7, 11) is 0. The van der Waals surface area contributed by atoms with Gasteiger partial charge < -0.3 is 18.9 Å². The standard InChI is InChI=1S/C11H15IO7/c1-5(13)16-9-8(4-12)19-11(18-7(3)15)10(9)17-6(2)14/h8-11H,4H2,1-3H3/t8-,9-,10+,11?/m1/s1. The number of rotatable bonds is 4. The molecule has 108 valence electrons. The van der Waals surface area contributed by atoms with E-state index >= 15 is 0 Å². The van der Waals surface area contributed by atoms with Crippen LogP contribution in [0.15, 0.2) is 0 Å². The van der Waals surface area contributed by atoms with Crippen LogP contribution in [0.4, 0.5) is 0 Å². The highest BCUT2D eigenvalue weighted by Gasteiger charge is 2.50. The molecule has 1 fully saturated rings. The van der Waals surface area contributed by atoms with E-state index in [-0.39, 0.29) is 0 Å². The normalized spacial score (nSPS) is 29.7. The second-order valence-corrected chi connectivity index (χ2v) is 4.84. The summed E-state index contributed by atoms with van der Waals surface area (Å²) in [6.45, 7) is 3.67. The van der Waals surface area contributed by atoms with Crippen molar-refractivity contribution in [3.63, 3.8) is 0 Å². The lowest BCUT2D eigenvalue weighted by Gasteiger charge is -2.22. The van der Waals surface area contributed by atoms with Gasteiger partial charge in [-0.3, -0.25) is 14.4 Å². The predicted octanol–water partition coefficient (Wildman–Crippen LogP) is 0.573. The molecule has 0 aromatic rings. The van der Waals surface area contributed by atoms with Gasteiger partial charge in [-0.2, -0.15) is 0 Å². The molecule has 0 amide bonds. The highest BCUT2D eigenvalue weighted by Crippen LogP contribution is 2.29. The Hall–Kier alpha value is -0.900. The Balaban J connectivity index is 2.90. The average molecular weight is 386 g/mol. The van der Waals surface area contributed by atoms with Crippen molar-refractivity contribution in [2.75, 3.05) is 4.43 Å². The minimum Gasteiger partial charge on any atom is -0.455 e. The number of alkyl halides is 1. The lowest BCUT2D eigenvalue weighted by Crippen LogP contribution is -2.41. The van der Waals surface area contributed by atoms with Gasteiger partial charge in [-0.25, -0.2) is 0 Å². The molecule has 1 rings (SSSR count). The number of hydrogen-bond acceptors (Lipinski definition) is 7. The van der Waals surface area contributed by atoms with Crippen LogP contribution in [0.1, 0.15) is 20.8 Å². The summed E-state index contributed by atoms with van der Waals surface area (Å²) in [5.74, 6) is -1.67. The Kier molecular flexibility index (Phi) is 5.98. The Bertz CT molecular complexity index is 370. The van der Waals surface area contributed by atoms with Crippen molar-refractivity contribution in [3.05, 3.63) is 0 Å². The van der Waals surface area contributed by atoms with Gasteiger partial charge in [0.05, 0.1) is 0 Å². The molecule has 7 nitrogen and oxygen atoms in total. The quantitative estimate of drug-likeness (QED) is 0.302. The summed E-state index contributed by atoms with van der Waals surface area (Å²) in [5, 5.41) is 0. The van der Waals surface area contributed by atoms with Crippen LogP contribution >= 0.6 is 22.6 Å². The molecule has 8 heteroatoms. The minimum absolute atomic E-state index is 0.491. The van der Waals surface area contributed by atoms with Gasteiger partial charge in [-0.05, 0) is 0 Å². The molecule has 0 radical (unpaired) electrons. The van der Waals surface area contributed by atoms with Crippen molar-refractivity contribution in [2.45, 2.75) is 45.4 Å². The van der Waals surface area contributed by atoms with Crippen LogP contribution in [0.2, 0.25) is 0 Å². The van der Waals surface area contributed by atoms with Crippen molar-refractivity contribution in [3.8, 4) is 0 Å². The van der Waals surface area contributed by atoms with Crippen LogP contribution < -0.4 is 0 Å². The molecule has 0 aromatic carbocycles. The van der Waals surface area contributed by atoms with E-state index in [1.807, 2.05) is 22.6 Å². The summed E-state index contributed by atoms with van der Waals surface area (Å²) >= 11 is 2.04. The highest BCUT2D eigenvalue weighted by atomic mass is 127. The molecule has 19 heavy (non-hydrogen) atoms. The highest BCUT2D eigenvalue weighted by molar-refractivity contribution is 14.1. The third-order valence-corrected chi connectivity index (χ3v) is 3.17. The van der Waals surface area contributed by atoms with Crippen LogP contribution in [-0.4, -0.2) is 46.9 Å². The smallest absolute Gasteiger partial charge is 0.305 e. The first-order valence-corrected chi connectivity index (χ1v) is 7.10. The number of carbonyl (C=O) groups excluding carboxylic acids is 3. The summed E-state index contributed by atoms with van der Waals surface area (Å²) < 4.78 is 21.0. The summed E-state index contributed by atoms with van der Waals surface area (Å²) in [6, 6.07) is 0. The lowest BCUT2D eigenvalue weighted by atomic mass is 10.1. The second-order valence-electron chi connectivity index (χ2n) is 3.95. The summed E-state index contributed by atoms with van der Waals surface area (Å²) in [4.78, 5) is 33.2. The molecule has 0 spiro atoms. The van der Waals surface area contributed by atoms with E-state index in [0.29, 0.717) is 4.43 Å². The molecule has 0 aliphatic carbocycles. The van der Waals surface area contributed by atoms with Crippen LogP contribution in [0.5, 0.6) is 0 Å². The van der Waals surface area contributed by atoms with Crippen molar-refractivity contribution in [1.29, 1.82) is 0 Å². The second kappa shape index (κ2) is 7.04. The Morgan fingerprint density at radius 2 is 1.42 bits per heavy atom. The van der Waals surface area contributed by atoms with Gasteiger partial charge in [0, 0.05) is 25.2 Å². The number of ether oxygens (including phenoxy) is 4. The maximum Gasteiger partial charge on any atom is 0.305 e. The molecule has 1 aliphatic heterocycles. The SMILES string of the molecule is CC(=O)OC1O[C@H](CI)[C@@H](OC(C)=O)[C@@H]1OC(C)=O. The van der Waals surface area contributed by atoms with E-state index in [0.717, 1.165) is 0 Å². The van der Waals surface area contributed by atoms with Crippen LogP contribution in [0, 0.1) is 0 Å². The fourth-order valence-electron chi connectivity index (χ4n) is 1.73. The molecular formula is C11H15IO7. The largest absolute Gasteiger partial charge is 0.455 e. The molecule has 1 unspecified atom stereocenters. The van der Waals surface area contributed by atoms with Gasteiger partial charge in [0.15, 0.2) is 6.10 Å². The van der Waals surface area contributed by atoms with Crippen molar-refractivity contribution in [1.82, 2.24) is 0 Å². The lowest BCUT2D eigenvalue weighted by molar-refractivity contribution is -0.194. The molecule has 1 saturated heterocycles. The van der Waals surface area contributed by atoms with Gasteiger partial charge in [0.1, 0.15) is 6.10 Å². The number of hydrogen-bond donors (Lipinski definition) is 0. The van der Waals surface area contributed by atoms with E-state index in [2.05, 4.69) is 0 Å². The average Bonchev–Trinajstić information content (AvgIpc) is 2.55. The third-order valence-electron chi connectivity index (χ3n) is 2.31. The summed E-state index contributed by atoms with van der Waals surface area (Å²) in [5.41, 5.74) is 0. The molecule has 1 aliphatic rings. The predicted molar refractivity (Wildman–Crippen MR) is 70.4 cm³/mol. The van der Waals surface area contributed by atoms with E-state index < -0.39 is 42.5 Å². The molecular weight excluding hydrogens is 371 g/mol. The van der Waals surface area contributed by atoms with Crippen LogP contribution in [0.25, 0.3) is 0 Å². The number of halogens is 1. The molecule has 0 bridgehead atoms. The minimum atomic E-state index is -1.06. The zero-order valence-electron chi connectivity index (χ0n) is 10.8. The fraction of sp³-hybridized carbons (Fsp3) is 0.727. The number of esters is 3. The van der Waals surface area contributed by atoms with Crippen molar-refractivity contribution in [2.24, 2.45) is 0 Å². The van der Waals surface area contributed by atoms with E-state index in [4.69, 9.17) is 18.9 Å². The molecule has 1 heterocycles. The molecule has 0 aromatic heterocycles. The van der Waals surface area contributed by atoms with Crippen molar-refractivity contribution >= 4 is 40.5 Å². The number of carbonyl (C=O) groups is 3. The molecule has 4 atom stereocenters. The first kappa shape index (κ1) is 16.2. The first-order chi connectivity index (χ1) is 8.85. The van der Waals surface area contributed by atoms with Gasteiger partial charge in [-0.15, -0.1) is 0 Å². The monoisotopic (exact) mass is 386 g/mol. The maximum atomic E-state index is 11.1. The van der Waals surface area contributed by atoms with E-state index in [1.165, 1.54) is 20.8 Å². The summed E-state index contributed by atoms with van der Waals surface area (Å²) in [6.07, 6.45) is -3.31. The molecule has 0 saturated carbocycles. The third kappa shape index (κ3) is 4.60.